The summed E-state index contributed by atoms with van der Waals surface area (Å²) >= 11 is 2.04. The van der Waals surface area contributed by atoms with E-state index in [1.165, 1.54) is 19.4 Å². The third kappa shape index (κ3) is 6.92. The average Bonchev–Trinajstić information content (AvgIpc) is 3.03. The number of carbonyl (C=O) groups excluding carboxylic acids is 1. The topological polar surface area (TPSA) is 17.1 Å². The fourth-order valence-corrected chi connectivity index (χ4v) is 6.99. The van der Waals surface area contributed by atoms with E-state index in [9.17, 15) is 4.79 Å². The van der Waals surface area contributed by atoms with Gasteiger partial charge >= 0.3 is 208 Å². The van der Waals surface area contributed by atoms with Gasteiger partial charge in [-0.1, -0.05) is 0 Å². The van der Waals surface area contributed by atoms with Crippen molar-refractivity contribution in [2.24, 2.45) is 16.2 Å². The van der Waals surface area contributed by atoms with Crippen LogP contribution in [0.5, 0.6) is 0 Å². The fraction of sp³-hybridized carbons (Fsp3) is 0.552. The van der Waals surface area contributed by atoms with Crippen molar-refractivity contribution in [1.82, 2.24) is 0 Å². The molecular weight excluding hydrogens is 475 g/mol. The van der Waals surface area contributed by atoms with Crippen LogP contribution in [-0.4, -0.2) is 20.7 Å². The van der Waals surface area contributed by atoms with Gasteiger partial charge in [-0.25, -0.2) is 0 Å². The Labute approximate surface area is 207 Å². The van der Waals surface area contributed by atoms with Crippen LogP contribution < -0.4 is 0 Å². The molecule has 3 heteroatoms. The summed E-state index contributed by atoms with van der Waals surface area (Å²) in [6.07, 6.45) is 11.2. The van der Waals surface area contributed by atoms with Crippen molar-refractivity contribution >= 4 is 38.2 Å². The van der Waals surface area contributed by atoms with Crippen molar-refractivity contribution in [3.8, 4) is 0 Å². The van der Waals surface area contributed by atoms with Gasteiger partial charge in [0.1, 0.15) is 0 Å². The van der Waals surface area contributed by atoms with E-state index >= 15 is 0 Å². The SMILES string of the molecule is CC(C)(C)C(=O)c1sc(C(C)(C)C)cc1/C=C/C=C1C=C(C(C)(C)C)[Se]C(C(C)(C)C)=C1. The van der Waals surface area contributed by atoms with Crippen molar-refractivity contribution in [3.63, 3.8) is 0 Å². The molecule has 0 N–H and O–H groups in total. The van der Waals surface area contributed by atoms with E-state index in [0.29, 0.717) is 15.0 Å². The molecule has 0 atom stereocenters. The molecule has 2 rings (SSSR count). The fourth-order valence-electron chi connectivity index (χ4n) is 3.04. The van der Waals surface area contributed by atoms with Crippen molar-refractivity contribution in [2.75, 3.05) is 0 Å². The molecule has 176 valence electrons. The number of ketones is 1. The normalized spacial score (nSPS) is 16.3. The molecule has 0 bridgehead atoms. The van der Waals surface area contributed by atoms with Crippen molar-refractivity contribution in [2.45, 2.75) is 88.5 Å². The van der Waals surface area contributed by atoms with Gasteiger partial charge in [0, 0.05) is 0 Å². The van der Waals surface area contributed by atoms with Gasteiger partial charge in [-0.2, -0.15) is 0 Å². The zero-order valence-corrected chi connectivity index (χ0v) is 24.7. The van der Waals surface area contributed by atoms with Crippen LogP contribution in [0.25, 0.3) is 6.08 Å². The van der Waals surface area contributed by atoms with E-state index in [4.69, 9.17) is 0 Å². The molecule has 0 aromatic carbocycles. The molecular formula is C29H42OSSe. The summed E-state index contributed by atoms with van der Waals surface area (Å²) in [6.45, 7) is 26.5. The maximum atomic E-state index is 13.1. The monoisotopic (exact) mass is 518 g/mol. The van der Waals surface area contributed by atoms with E-state index in [2.05, 4.69) is 98.8 Å². The van der Waals surface area contributed by atoms with E-state index < -0.39 is 0 Å². The standard InChI is InChI=1S/C29H42OSSe/c1-26(2,3)21-18-20(24(31-21)25(30)29(10,11)12)15-13-14-19-16-22(27(4,5)6)32-23(17-19)28(7,8)9/h13-18H,1-12H3/b15-13+. The van der Waals surface area contributed by atoms with Gasteiger partial charge < -0.3 is 0 Å². The second kappa shape index (κ2) is 9.24. The quantitative estimate of drug-likeness (QED) is 0.289. The molecule has 0 radical (unpaired) electrons. The summed E-state index contributed by atoms with van der Waals surface area (Å²) in [7, 11) is 0. The third-order valence-corrected chi connectivity index (χ3v) is 10.8. The summed E-state index contributed by atoms with van der Waals surface area (Å²) in [4.78, 5) is 15.3. The zero-order chi connectivity index (χ0) is 24.7. The number of allylic oxidation sites excluding steroid dienone is 7. The molecule has 0 aliphatic carbocycles. The average molecular weight is 518 g/mol. The molecule has 2 heterocycles. The van der Waals surface area contributed by atoms with Gasteiger partial charge in [0.25, 0.3) is 0 Å². The summed E-state index contributed by atoms with van der Waals surface area (Å²) in [5.74, 6) is 0.218. The number of carbonyl (C=O) groups is 1. The first-order valence-electron chi connectivity index (χ1n) is 11.5. The molecule has 1 aromatic rings. The summed E-state index contributed by atoms with van der Waals surface area (Å²) in [6, 6.07) is 2.20. The minimum absolute atomic E-state index is 0.0300. The van der Waals surface area contributed by atoms with Gasteiger partial charge in [0.05, 0.1) is 0 Å². The molecule has 0 saturated carbocycles. The molecule has 1 nitrogen and oxygen atoms in total. The summed E-state index contributed by atoms with van der Waals surface area (Å²) in [5, 5.41) is 0. The number of hydrogen-bond acceptors (Lipinski definition) is 2. The van der Waals surface area contributed by atoms with Crippen LogP contribution in [0.4, 0.5) is 0 Å². The molecule has 0 unspecified atom stereocenters. The van der Waals surface area contributed by atoms with Crippen LogP contribution in [-0.2, 0) is 5.41 Å². The Morgan fingerprint density at radius 2 is 1.31 bits per heavy atom. The molecule has 0 saturated heterocycles. The van der Waals surface area contributed by atoms with Crippen LogP contribution in [0.15, 0.2) is 44.9 Å². The molecule has 1 aliphatic heterocycles. The second-order valence-electron chi connectivity index (χ2n) is 12.9. The number of hydrogen-bond donors (Lipinski definition) is 0. The molecule has 32 heavy (non-hydrogen) atoms. The Hall–Kier alpha value is -1.15. The van der Waals surface area contributed by atoms with Crippen LogP contribution in [0.1, 0.15) is 103 Å². The third-order valence-electron chi connectivity index (χ3n) is 5.25. The van der Waals surface area contributed by atoms with E-state index in [1.807, 2.05) is 20.8 Å². The number of rotatable bonds is 3. The van der Waals surface area contributed by atoms with Gasteiger partial charge in [0.2, 0.25) is 0 Å². The number of thiophene rings is 1. The van der Waals surface area contributed by atoms with E-state index in [1.54, 1.807) is 11.3 Å². The summed E-state index contributed by atoms with van der Waals surface area (Å²) in [5.41, 5.74) is 2.28. The number of Topliss-reactive ketones (excluding diaryl/α,β-unsaturated/α-hetero) is 1. The molecule has 0 amide bonds. The van der Waals surface area contributed by atoms with Crippen LogP contribution in [0, 0.1) is 16.2 Å². The Bertz CT molecular complexity index is 952. The van der Waals surface area contributed by atoms with Crippen molar-refractivity contribution in [1.29, 1.82) is 0 Å². The Balaban J connectivity index is 2.50. The zero-order valence-electron chi connectivity index (χ0n) is 22.2. The minimum atomic E-state index is -0.388. The predicted octanol–water partition coefficient (Wildman–Crippen LogP) is 8.79. The predicted molar refractivity (Wildman–Crippen MR) is 145 cm³/mol. The van der Waals surface area contributed by atoms with Gasteiger partial charge in [-0.15, -0.1) is 0 Å². The second-order valence-corrected chi connectivity index (χ2v) is 16.2. The maximum absolute atomic E-state index is 13.1. The Morgan fingerprint density at radius 3 is 1.72 bits per heavy atom. The first-order valence-corrected chi connectivity index (χ1v) is 14.0. The van der Waals surface area contributed by atoms with Gasteiger partial charge in [-0.3, -0.25) is 0 Å². The molecule has 0 spiro atoms. The first kappa shape index (κ1) is 27.1. The van der Waals surface area contributed by atoms with Gasteiger partial charge in [-0.05, 0) is 0 Å². The van der Waals surface area contributed by atoms with E-state index in [-0.39, 0.29) is 27.4 Å². The van der Waals surface area contributed by atoms with Gasteiger partial charge in [0.15, 0.2) is 0 Å². The summed E-state index contributed by atoms with van der Waals surface area (Å²) < 4.78 is 3.07. The van der Waals surface area contributed by atoms with Crippen molar-refractivity contribution < 1.29 is 4.79 Å². The van der Waals surface area contributed by atoms with Crippen LogP contribution >= 0.6 is 11.3 Å². The molecule has 1 aliphatic rings. The Kier molecular flexibility index (Phi) is 7.83. The first-order chi connectivity index (χ1) is 14.3. The molecule has 0 fully saturated rings. The van der Waals surface area contributed by atoms with Crippen molar-refractivity contribution in [3.05, 3.63) is 60.2 Å². The van der Waals surface area contributed by atoms with Crippen LogP contribution in [0.2, 0.25) is 0 Å². The Morgan fingerprint density at radius 1 is 0.812 bits per heavy atom. The van der Waals surface area contributed by atoms with Crippen LogP contribution in [0.3, 0.4) is 0 Å². The van der Waals surface area contributed by atoms with E-state index in [0.717, 1.165) is 10.4 Å². The molecule has 1 aromatic heterocycles.